The third-order valence-electron chi connectivity index (χ3n) is 3.68. The third-order valence-corrected chi connectivity index (χ3v) is 3.68. The van der Waals surface area contributed by atoms with Crippen molar-refractivity contribution >= 4 is 11.6 Å². The summed E-state index contributed by atoms with van der Waals surface area (Å²) in [5.74, 6) is -3.08. The van der Waals surface area contributed by atoms with Crippen molar-refractivity contribution < 1.29 is 23.8 Å². The molecule has 0 amide bonds. The highest BCUT2D eigenvalue weighted by Gasteiger charge is 2.23. The summed E-state index contributed by atoms with van der Waals surface area (Å²) < 4.78 is 28.1. The molecule has 130 valence electrons. The van der Waals surface area contributed by atoms with Crippen LogP contribution in [-0.2, 0) is 6.42 Å². The van der Waals surface area contributed by atoms with Gasteiger partial charge in [0.25, 0.3) is 5.56 Å². The molecule has 0 fully saturated rings. The minimum Gasteiger partial charge on any atom is -0.476 e. The van der Waals surface area contributed by atoms with Gasteiger partial charge in [0.1, 0.15) is 11.6 Å². The maximum atomic E-state index is 14.0. The fraction of sp³-hybridized carbons (Fsp3) is 0.188. The fourth-order valence-corrected chi connectivity index (χ4v) is 2.61. The number of nitrogens with one attached hydrogen (secondary N) is 1. The summed E-state index contributed by atoms with van der Waals surface area (Å²) in [5, 5.41) is 21.4. The number of H-pyrrole nitrogens is 1. The van der Waals surface area contributed by atoms with Crippen LogP contribution in [0.3, 0.4) is 0 Å². The van der Waals surface area contributed by atoms with Gasteiger partial charge < -0.3 is 10.2 Å². The molecule has 0 radical (unpaired) electrons. The first kappa shape index (κ1) is 16.8. The molecule has 3 N–H and O–H groups in total. The Balaban J connectivity index is 2.32. The molecule has 3 aromatic rings. The Bertz CT molecular complexity index is 1040. The molecule has 0 aliphatic heterocycles. The molecule has 0 bridgehead atoms. The molecule has 2 heterocycles. The number of aromatic nitrogens is 3. The van der Waals surface area contributed by atoms with Crippen molar-refractivity contribution in [2.24, 2.45) is 0 Å². The fourth-order valence-electron chi connectivity index (χ4n) is 2.61. The first-order chi connectivity index (χ1) is 11.8. The first-order valence-electron chi connectivity index (χ1n) is 7.29. The third kappa shape index (κ3) is 2.89. The van der Waals surface area contributed by atoms with Crippen LogP contribution in [0, 0.1) is 11.6 Å². The zero-order chi connectivity index (χ0) is 18.3. The number of benzene rings is 1. The number of nitrogens with zero attached hydrogens (tertiary/aromatic N) is 2. The van der Waals surface area contributed by atoms with E-state index in [-0.39, 0.29) is 28.8 Å². The minimum atomic E-state index is -1.44. The molecule has 1 unspecified atom stereocenters. The van der Waals surface area contributed by atoms with Crippen LogP contribution in [0.15, 0.2) is 29.2 Å². The van der Waals surface area contributed by atoms with Crippen LogP contribution >= 0.6 is 0 Å². The molecule has 1 aromatic carbocycles. The van der Waals surface area contributed by atoms with Gasteiger partial charge in [-0.3, -0.25) is 9.89 Å². The van der Waals surface area contributed by atoms with Gasteiger partial charge in [0.15, 0.2) is 11.3 Å². The molecule has 0 spiro atoms. The number of hydrogen-bond donors (Lipinski definition) is 3. The summed E-state index contributed by atoms with van der Waals surface area (Å²) in [6.45, 7) is 1.41. The zero-order valence-corrected chi connectivity index (χ0v) is 13.0. The summed E-state index contributed by atoms with van der Waals surface area (Å²) in [5.41, 5.74) is -1.44. The number of aromatic amines is 1. The lowest BCUT2D eigenvalue weighted by Crippen LogP contribution is -2.27. The molecule has 25 heavy (non-hydrogen) atoms. The van der Waals surface area contributed by atoms with Gasteiger partial charge in [-0.25, -0.2) is 23.1 Å². The van der Waals surface area contributed by atoms with E-state index in [4.69, 9.17) is 0 Å². The van der Waals surface area contributed by atoms with Crippen molar-refractivity contribution in [3.63, 3.8) is 0 Å². The molecule has 7 nitrogen and oxygen atoms in total. The van der Waals surface area contributed by atoms with E-state index in [9.17, 15) is 28.6 Å². The van der Waals surface area contributed by atoms with Crippen LogP contribution in [0.4, 0.5) is 8.78 Å². The topological polar surface area (TPSA) is 108 Å². The summed E-state index contributed by atoms with van der Waals surface area (Å²) in [4.78, 5) is 27.9. The highest BCUT2D eigenvalue weighted by molar-refractivity contribution is 5.89. The second-order valence-electron chi connectivity index (χ2n) is 5.57. The Labute approximate surface area is 139 Å². The average molecular weight is 349 g/mol. The smallest absolute Gasteiger partial charge is 0.355 e. The predicted octanol–water partition coefficient (Wildman–Crippen LogP) is 1.59. The number of carboxylic acid groups (broad SMARTS) is 1. The lowest BCUT2D eigenvalue weighted by molar-refractivity contribution is 0.0688. The van der Waals surface area contributed by atoms with Gasteiger partial charge in [-0.2, -0.15) is 0 Å². The second-order valence-corrected chi connectivity index (χ2v) is 5.57. The molecule has 0 saturated carbocycles. The van der Waals surface area contributed by atoms with E-state index in [1.54, 1.807) is 0 Å². The van der Waals surface area contributed by atoms with Gasteiger partial charge >= 0.3 is 5.97 Å². The molecule has 0 saturated heterocycles. The highest BCUT2D eigenvalue weighted by atomic mass is 19.1. The number of carboxylic acids is 1. The number of aliphatic hydroxyl groups is 1. The Hall–Kier alpha value is -3.07. The first-order valence-corrected chi connectivity index (χ1v) is 7.29. The summed E-state index contributed by atoms with van der Waals surface area (Å²) in [7, 11) is 0. The van der Waals surface area contributed by atoms with Gasteiger partial charge in [0.2, 0.25) is 0 Å². The molecular weight excluding hydrogens is 336 g/mol. The monoisotopic (exact) mass is 349 g/mol. The van der Waals surface area contributed by atoms with Crippen LogP contribution in [0.1, 0.15) is 23.0 Å². The Morgan fingerprint density at radius 1 is 1.36 bits per heavy atom. The number of carbonyl (C=O) groups is 1. The second kappa shape index (κ2) is 6.10. The van der Waals surface area contributed by atoms with E-state index in [1.807, 2.05) is 0 Å². The molecule has 0 aliphatic rings. The molecule has 1 atom stereocenters. The Morgan fingerprint density at radius 3 is 2.68 bits per heavy atom. The molecule has 2 aromatic heterocycles. The van der Waals surface area contributed by atoms with Crippen molar-refractivity contribution in [3.8, 4) is 11.1 Å². The lowest BCUT2D eigenvalue weighted by Gasteiger charge is -2.08. The van der Waals surface area contributed by atoms with Crippen molar-refractivity contribution in [2.45, 2.75) is 19.4 Å². The summed E-state index contributed by atoms with van der Waals surface area (Å²) in [6, 6.07) is 2.89. The number of aliphatic hydroxyl groups excluding tert-OH is 1. The number of fused-ring (bicyclic) bond motifs is 1. The zero-order valence-electron chi connectivity index (χ0n) is 13.0. The maximum absolute atomic E-state index is 14.0. The van der Waals surface area contributed by atoms with E-state index in [2.05, 4.69) is 10.1 Å². The number of aromatic carboxylic acids is 1. The average Bonchev–Trinajstić information content (AvgIpc) is 2.93. The van der Waals surface area contributed by atoms with Crippen LogP contribution < -0.4 is 5.56 Å². The van der Waals surface area contributed by atoms with E-state index in [1.165, 1.54) is 19.2 Å². The lowest BCUT2D eigenvalue weighted by atomic mass is 10.1. The number of rotatable bonds is 4. The number of hydrogen-bond acceptors (Lipinski definition) is 4. The molecule has 3 rings (SSSR count). The highest BCUT2D eigenvalue weighted by Crippen LogP contribution is 2.26. The van der Waals surface area contributed by atoms with E-state index < -0.39 is 35.0 Å². The quantitative estimate of drug-likeness (QED) is 0.663. The Kier molecular flexibility index (Phi) is 4.09. The molecular formula is C16H13F2N3O4. The standard InChI is InChI=1S/C16H13F2N3O4/c1-7(22)4-10-13(16(24)25)20-14-11(6-19-21(14)15(10)23)9-3-2-8(17)5-12(9)18/h2-3,5-7,19,22H,4H2,1H3,(H,24,25). The van der Waals surface area contributed by atoms with Crippen LogP contribution in [0.25, 0.3) is 16.8 Å². The maximum Gasteiger partial charge on any atom is 0.355 e. The number of halogens is 2. The van der Waals surface area contributed by atoms with Gasteiger partial charge in [0.05, 0.1) is 11.7 Å². The van der Waals surface area contributed by atoms with Gasteiger partial charge in [-0.05, 0) is 19.1 Å². The van der Waals surface area contributed by atoms with Crippen molar-refractivity contribution in [3.05, 3.63) is 57.6 Å². The van der Waals surface area contributed by atoms with Gasteiger partial charge in [-0.15, -0.1) is 0 Å². The van der Waals surface area contributed by atoms with Crippen LogP contribution in [-0.4, -0.2) is 36.9 Å². The van der Waals surface area contributed by atoms with Crippen molar-refractivity contribution in [2.75, 3.05) is 0 Å². The minimum absolute atomic E-state index is 0.0355. The van der Waals surface area contributed by atoms with Crippen LogP contribution in [0.5, 0.6) is 0 Å². The van der Waals surface area contributed by atoms with E-state index >= 15 is 0 Å². The van der Waals surface area contributed by atoms with Crippen LogP contribution in [0.2, 0.25) is 0 Å². The Morgan fingerprint density at radius 2 is 2.08 bits per heavy atom. The summed E-state index contributed by atoms with van der Waals surface area (Å²) >= 11 is 0. The van der Waals surface area contributed by atoms with Gasteiger partial charge in [-0.1, -0.05) is 0 Å². The predicted molar refractivity (Wildman–Crippen MR) is 83.5 cm³/mol. The normalized spacial score (nSPS) is 12.5. The van der Waals surface area contributed by atoms with Crippen molar-refractivity contribution in [1.82, 2.24) is 14.6 Å². The summed E-state index contributed by atoms with van der Waals surface area (Å²) in [6.07, 6.45) is 0.127. The van der Waals surface area contributed by atoms with E-state index in [0.29, 0.717) is 6.07 Å². The van der Waals surface area contributed by atoms with Gasteiger partial charge in [0, 0.05) is 29.8 Å². The largest absolute Gasteiger partial charge is 0.476 e. The molecule has 0 aliphatic carbocycles. The van der Waals surface area contributed by atoms with E-state index in [0.717, 1.165) is 10.6 Å². The molecule has 9 heteroatoms. The van der Waals surface area contributed by atoms with Crippen molar-refractivity contribution in [1.29, 1.82) is 0 Å². The SMILES string of the molecule is CC(O)Cc1c(C(=O)O)nc2c(-c3ccc(F)cc3F)c[nH]n2c1=O.